The van der Waals surface area contributed by atoms with Crippen molar-refractivity contribution in [2.45, 2.75) is 11.8 Å². The molecular formula is C23H22ClN3O7S. The number of anilines is 2. The van der Waals surface area contributed by atoms with E-state index in [0.717, 1.165) is 16.4 Å². The Labute approximate surface area is 207 Å². The van der Waals surface area contributed by atoms with Crippen LogP contribution in [0.15, 0.2) is 65.6 Å². The lowest BCUT2D eigenvalue weighted by atomic mass is 10.2. The number of amides is 1. The molecule has 0 aliphatic rings. The molecule has 1 N–H and O–H groups in total. The van der Waals surface area contributed by atoms with Crippen LogP contribution in [-0.2, 0) is 14.8 Å². The van der Waals surface area contributed by atoms with Crippen molar-refractivity contribution >= 4 is 44.6 Å². The first-order chi connectivity index (χ1) is 16.6. The highest BCUT2D eigenvalue weighted by molar-refractivity contribution is 7.93. The summed E-state index contributed by atoms with van der Waals surface area (Å²) in [7, 11) is -1.84. The third kappa shape index (κ3) is 5.64. The van der Waals surface area contributed by atoms with Crippen molar-refractivity contribution in [1.82, 2.24) is 0 Å². The number of ether oxygens (including phenoxy) is 2. The summed E-state index contributed by atoms with van der Waals surface area (Å²) in [5, 5.41) is 14.7. The van der Waals surface area contributed by atoms with Gasteiger partial charge in [-0.2, -0.15) is 0 Å². The van der Waals surface area contributed by atoms with Gasteiger partial charge in [-0.15, -0.1) is 0 Å². The van der Waals surface area contributed by atoms with E-state index in [1.807, 2.05) is 0 Å². The topological polar surface area (TPSA) is 128 Å². The molecule has 0 aliphatic heterocycles. The third-order valence-corrected chi connectivity index (χ3v) is 7.08. The maximum Gasteiger partial charge on any atom is 0.289 e. The minimum absolute atomic E-state index is 0.00516. The average Bonchev–Trinajstić information content (AvgIpc) is 2.83. The minimum Gasteiger partial charge on any atom is -0.497 e. The summed E-state index contributed by atoms with van der Waals surface area (Å²) in [5.41, 5.74) is 0.471. The number of hydrogen-bond acceptors (Lipinski definition) is 7. The third-order valence-electron chi connectivity index (χ3n) is 5.04. The summed E-state index contributed by atoms with van der Waals surface area (Å²) in [6, 6.07) is 14.0. The molecule has 184 valence electrons. The molecule has 0 aliphatic carbocycles. The first-order valence-corrected chi connectivity index (χ1v) is 11.9. The van der Waals surface area contributed by atoms with Gasteiger partial charge in [0.2, 0.25) is 5.91 Å². The van der Waals surface area contributed by atoms with Crippen LogP contribution in [0.5, 0.6) is 11.5 Å². The van der Waals surface area contributed by atoms with E-state index in [-0.39, 0.29) is 11.4 Å². The van der Waals surface area contributed by atoms with Crippen LogP contribution in [-0.4, -0.2) is 40.0 Å². The summed E-state index contributed by atoms with van der Waals surface area (Å²) in [6.07, 6.45) is 0. The number of methoxy groups -OCH3 is 2. The molecule has 35 heavy (non-hydrogen) atoms. The summed E-state index contributed by atoms with van der Waals surface area (Å²) in [4.78, 5) is 23.2. The number of benzene rings is 3. The molecule has 0 saturated carbocycles. The molecule has 12 heteroatoms. The second-order valence-electron chi connectivity index (χ2n) is 7.28. The van der Waals surface area contributed by atoms with Gasteiger partial charge in [-0.1, -0.05) is 23.7 Å². The van der Waals surface area contributed by atoms with Gasteiger partial charge < -0.3 is 14.8 Å². The SMILES string of the molecule is COc1ccc(N(CC(=O)Nc2ccc(Cl)cc2C)S(=O)(=O)c2ccccc2[N+](=O)[O-])c(OC)c1. The number of nitro groups is 1. The number of aryl methyl sites for hydroxylation is 1. The Hall–Kier alpha value is -3.83. The van der Waals surface area contributed by atoms with Crippen molar-refractivity contribution in [3.05, 3.63) is 81.4 Å². The highest BCUT2D eigenvalue weighted by atomic mass is 35.5. The maximum absolute atomic E-state index is 13.7. The first-order valence-electron chi connectivity index (χ1n) is 10.1. The van der Waals surface area contributed by atoms with Crippen molar-refractivity contribution in [2.24, 2.45) is 0 Å². The Balaban J connectivity index is 2.11. The van der Waals surface area contributed by atoms with Gasteiger partial charge in [0.25, 0.3) is 15.7 Å². The predicted molar refractivity (Wildman–Crippen MR) is 132 cm³/mol. The summed E-state index contributed by atoms with van der Waals surface area (Å²) in [5.74, 6) is -0.215. The minimum atomic E-state index is -4.60. The van der Waals surface area contributed by atoms with Gasteiger partial charge in [0, 0.05) is 22.8 Å². The molecule has 3 aromatic rings. The van der Waals surface area contributed by atoms with Crippen molar-refractivity contribution in [2.75, 3.05) is 30.4 Å². The number of nitrogens with one attached hydrogen (secondary N) is 1. The Morgan fingerprint density at radius 3 is 2.43 bits per heavy atom. The fourth-order valence-corrected chi connectivity index (χ4v) is 5.14. The smallest absolute Gasteiger partial charge is 0.289 e. The molecular weight excluding hydrogens is 498 g/mol. The van der Waals surface area contributed by atoms with Crippen LogP contribution in [0.25, 0.3) is 0 Å². The van der Waals surface area contributed by atoms with Crippen LogP contribution in [0.4, 0.5) is 17.1 Å². The predicted octanol–water partition coefficient (Wildman–Crippen LogP) is 4.41. The van der Waals surface area contributed by atoms with Gasteiger partial charge in [0.1, 0.15) is 18.0 Å². The lowest BCUT2D eigenvalue weighted by Gasteiger charge is -2.26. The van der Waals surface area contributed by atoms with Gasteiger partial charge in [-0.25, -0.2) is 8.42 Å². The van der Waals surface area contributed by atoms with Crippen LogP contribution in [0.1, 0.15) is 5.56 Å². The van der Waals surface area contributed by atoms with E-state index >= 15 is 0 Å². The highest BCUT2D eigenvalue weighted by Crippen LogP contribution is 2.37. The van der Waals surface area contributed by atoms with Crippen LogP contribution < -0.4 is 19.1 Å². The van der Waals surface area contributed by atoms with Gasteiger partial charge in [-0.05, 0) is 48.9 Å². The Morgan fingerprint density at radius 1 is 1.09 bits per heavy atom. The fraction of sp³-hybridized carbons (Fsp3) is 0.174. The van der Waals surface area contributed by atoms with Gasteiger partial charge in [0.05, 0.1) is 24.8 Å². The average molecular weight is 520 g/mol. The largest absolute Gasteiger partial charge is 0.497 e. The van der Waals surface area contributed by atoms with E-state index in [1.54, 1.807) is 25.1 Å². The zero-order chi connectivity index (χ0) is 25.8. The summed E-state index contributed by atoms with van der Waals surface area (Å²) >= 11 is 5.96. The van der Waals surface area contributed by atoms with E-state index in [0.29, 0.717) is 22.0 Å². The second kappa shape index (κ2) is 10.6. The first kappa shape index (κ1) is 25.8. The zero-order valence-electron chi connectivity index (χ0n) is 19.0. The molecule has 0 bridgehead atoms. The number of nitro benzene ring substituents is 1. The lowest BCUT2D eigenvalue weighted by Crippen LogP contribution is -2.38. The maximum atomic E-state index is 13.7. The summed E-state index contributed by atoms with van der Waals surface area (Å²) in [6.45, 7) is 1.04. The van der Waals surface area contributed by atoms with E-state index in [4.69, 9.17) is 21.1 Å². The molecule has 3 aromatic carbocycles. The Morgan fingerprint density at radius 2 is 1.80 bits per heavy atom. The van der Waals surface area contributed by atoms with Crippen molar-refractivity contribution in [3.63, 3.8) is 0 Å². The second-order valence-corrected chi connectivity index (χ2v) is 9.55. The Kier molecular flexibility index (Phi) is 7.82. The molecule has 0 radical (unpaired) electrons. The van der Waals surface area contributed by atoms with E-state index in [9.17, 15) is 23.3 Å². The van der Waals surface area contributed by atoms with Crippen molar-refractivity contribution in [1.29, 1.82) is 0 Å². The van der Waals surface area contributed by atoms with Crippen molar-refractivity contribution < 1.29 is 27.6 Å². The van der Waals surface area contributed by atoms with Gasteiger partial charge >= 0.3 is 0 Å². The van der Waals surface area contributed by atoms with Crippen LogP contribution in [0.2, 0.25) is 5.02 Å². The quantitative estimate of drug-likeness (QED) is 0.327. The van der Waals surface area contributed by atoms with E-state index in [2.05, 4.69) is 5.32 Å². The number of nitrogens with zero attached hydrogens (tertiary/aromatic N) is 2. The lowest BCUT2D eigenvalue weighted by molar-refractivity contribution is -0.387. The fourth-order valence-electron chi connectivity index (χ4n) is 3.32. The van der Waals surface area contributed by atoms with Crippen LogP contribution >= 0.6 is 11.6 Å². The normalized spacial score (nSPS) is 11.0. The number of para-hydroxylation sites is 1. The number of sulfonamides is 1. The van der Waals surface area contributed by atoms with E-state index in [1.165, 1.54) is 44.6 Å². The van der Waals surface area contributed by atoms with Crippen molar-refractivity contribution in [3.8, 4) is 11.5 Å². The number of carbonyl (C=O) groups is 1. The van der Waals surface area contributed by atoms with Gasteiger partial charge in [0.15, 0.2) is 4.90 Å². The number of halogens is 1. The van der Waals surface area contributed by atoms with Crippen LogP contribution in [0.3, 0.4) is 0 Å². The molecule has 0 atom stereocenters. The Bertz CT molecular complexity index is 1380. The number of carbonyl (C=O) groups excluding carboxylic acids is 1. The molecule has 0 aromatic heterocycles. The zero-order valence-corrected chi connectivity index (χ0v) is 20.6. The van der Waals surface area contributed by atoms with E-state index < -0.39 is 38.0 Å². The molecule has 0 fully saturated rings. The molecule has 10 nitrogen and oxygen atoms in total. The number of hydrogen-bond donors (Lipinski definition) is 1. The summed E-state index contributed by atoms with van der Waals surface area (Å²) < 4.78 is 38.7. The monoisotopic (exact) mass is 519 g/mol. The standard InChI is InChI=1S/C23H22ClN3O7S/c1-15-12-16(24)8-10-18(15)25-23(28)14-26(19-11-9-17(33-2)13-21(19)34-3)35(31,32)22-7-5-4-6-20(22)27(29)30/h4-13H,14H2,1-3H3,(H,25,28). The molecule has 3 rings (SSSR count). The van der Waals surface area contributed by atoms with Crippen LogP contribution in [0, 0.1) is 17.0 Å². The molecule has 1 amide bonds. The van der Waals surface area contributed by atoms with Gasteiger partial charge in [-0.3, -0.25) is 19.2 Å². The number of rotatable bonds is 9. The molecule has 0 heterocycles. The molecule has 0 spiro atoms. The molecule has 0 saturated heterocycles. The molecule has 0 unspecified atom stereocenters. The highest BCUT2D eigenvalue weighted by Gasteiger charge is 2.34.